The number of nitrogens with one attached hydrogen (secondary N) is 1. The van der Waals surface area contributed by atoms with Gasteiger partial charge in [0.05, 0.1) is 0 Å². The van der Waals surface area contributed by atoms with Crippen molar-refractivity contribution in [2.24, 2.45) is 17.8 Å². The van der Waals surface area contributed by atoms with E-state index < -0.39 is 0 Å². The second kappa shape index (κ2) is 8.08. The molecule has 0 radical (unpaired) electrons. The summed E-state index contributed by atoms with van der Waals surface area (Å²) in [5.41, 5.74) is 0. The van der Waals surface area contributed by atoms with Crippen LogP contribution in [-0.2, 0) is 0 Å². The first-order valence-corrected chi connectivity index (χ1v) is 7.09. The normalized spacial score (nSPS) is 27.9. The van der Waals surface area contributed by atoms with E-state index in [9.17, 15) is 5.11 Å². The summed E-state index contributed by atoms with van der Waals surface area (Å²) >= 11 is 0. The Hall–Kier alpha value is -0.0800. The fraction of sp³-hybridized carbons (Fsp3) is 1.00. The highest BCUT2D eigenvalue weighted by Gasteiger charge is 2.25. The Morgan fingerprint density at radius 3 is 2.75 bits per heavy atom. The van der Waals surface area contributed by atoms with Gasteiger partial charge in [0.15, 0.2) is 0 Å². The van der Waals surface area contributed by atoms with Gasteiger partial charge >= 0.3 is 0 Å². The zero-order valence-electron chi connectivity index (χ0n) is 11.0. The molecule has 0 bridgehead atoms. The molecular formula is C14H29NO. The van der Waals surface area contributed by atoms with Crippen LogP contribution in [0.25, 0.3) is 0 Å². The van der Waals surface area contributed by atoms with Crippen molar-refractivity contribution in [3.05, 3.63) is 0 Å². The molecule has 0 aromatic heterocycles. The van der Waals surface area contributed by atoms with Crippen LogP contribution >= 0.6 is 0 Å². The summed E-state index contributed by atoms with van der Waals surface area (Å²) in [5.74, 6) is 2.18. The molecule has 1 aliphatic carbocycles. The smallest absolute Gasteiger partial charge is 0.0462 e. The molecule has 1 aliphatic rings. The Kier molecular flexibility index (Phi) is 7.06. The predicted octanol–water partition coefficient (Wildman–Crippen LogP) is 2.81. The minimum absolute atomic E-state index is 0.380. The summed E-state index contributed by atoms with van der Waals surface area (Å²) in [4.78, 5) is 0. The van der Waals surface area contributed by atoms with E-state index in [-0.39, 0.29) is 0 Å². The quantitative estimate of drug-likeness (QED) is 0.656. The van der Waals surface area contributed by atoms with Crippen LogP contribution in [-0.4, -0.2) is 24.8 Å². The third-order valence-corrected chi connectivity index (χ3v) is 4.00. The van der Waals surface area contributed by atoms with Crippen LogP contribution < -0.4 is 5.32 Å². The van der Waals surface area contributed by atoms with Crippen molar-refractivity contribution < 1.29 is 5.11 Å². The van der Waals surface area contributed by atoms with E-state index in [1.807, 2.05) is 0 Å². The van der Waals surface area contributed by atoms with Gasteiger partial charge in [-0.1, -0.05) is 33.1 Å². The maximum absolute atomic E-state index is 9.49. The minimum atomic E-state index is 0.380. The number of hydrogen-bond acceptors (Lipinski definition) is 2. The summed E-state index contributed by atoms with van der Waals surface area (Å²) < 4.78 is 0. The van der Waals surface area contributed by atoms with Crippen molar-refractivity contribution in [1.29, 1.82) is 0 Å². The topological polar surface area (TPSA) is 32.3 Å². The number of hydrogen-bond donors (Lipinski definition) is 2. The van der Waals surface area contributed by atoms with Crippen LogP contribution in [0.5, 0.6) is 0 Å². The highest BCUT2D eigenvalue weighted by Crippen LogP contribution is 2.34. The minimum Gasteiger partial charge on any atom is -0.396 e. The van der Waals surface area contributed by atoms with E-state index >= 15 is 0 Å². The average Bonchev–Trinajstić information content (AvgIpc) is 2.29. The van der Waals surface area contributed by atoms with Gasteiger partial charge in [-0.15, -0.1) is 0 Å². The second-order valence-corrected chi connectivity index (χ2v) is 5.51. The first-order valence-electron chi connectivity index (χ1n) is 7.09. The lowest BCUT2D eigenvalue weighted by Gasteiger charge is -2.32. The molecular weight excluding hydrogens is 198 g/mol. The van der Waals surface area contributed by atoms with Crippen LogP contribution in [0.4, 0.5) is 0 Å². The molecule has 3 atom stereocenters. The Balaban J connectivity index is 2.23. The highest BCUT2D eigenvalue weighted by atomic mass is 16.3. The largest absolute Gasteiger partial charge is 0.396 e. The Bertz CT molecular complexity index is 172. The lowest BCUT2D eigenvalue weighted by molar-refractivity contribution is 0.123. The Morgan fingerprint density at radius 1 is 1.31 bits per heavy atom. The third kappa shape index (κ3) is 4.84. The van der Waals surface area contributed by atoms with Gasteiger partial charge in [-0.2, -0.15) is 0 Å². The lowest BCUT2D eigenvalue weighted by Crippen LogP contribution is -2.28. The predicted molar refractivity (Wildman–Crippen MR) is 69.5 cm³/mol. The zero-order valence-corrected chi connectivity index (χ0v) is 11.0. The zero-order chi connectivity index (χ0) is 11.8. The van der Waals surface area contributed by atoms with Crippen molar-refractivity contribution in [2.75, 3.05) is 19.7 Å². The maximum Gasteiger partial charge on any atom is 0.0462 e. The molecule has 0 saturated heterocycles. The monoisotopic (exact) mass is 227 g/mol. The molecule has 2 heteroatoms. The summed E-state index contributed by atoms with van der Waals surface area (Å²) in [6.07, 6.45) is 7.77. The van der Waals surface area contributed by atoms with Crippen LogP contribution in [0.15, 0.2) is 0 Å². The molecule has 1 fully saturated rings. The van der Waals surface area contributed by atoms with Gasteiger partial charge in [0.1, 0.15) is 0 Å². The van der Waals surface area contributed by atoms with Crippen molar-refractivity contribution in [1.82, 2.24) is 5.32 Å². The van der Waals surface area contributed by atoms with E-state index in [2.05, 4.69) is 19.2 Å². The Morgan fingerprint density at radius 2 is 2.12 bits per heavy atom. The number of aliphatic hydroxyl groups excluding tert-OH is 1. The van der Waals surface area contributed by atoms with Crippen molar-refractivity contribution in [2.45, 2.75) is 52.4 Å². The molecule has 0 aromatic rings. The van der Waals surface area contributed by atoms with Crippen molar-refractivity contribution in [3.8, 4) is 0 Å². The van der Waals surface area contributed by atoms with Gasteiger partial charge in [-0.25, -0.2) is 0 Å². The Labute approximate surface area is 101 Å². The fourth-order valence-electron chi connectivity index (χ4n) is 2.97. The maximum atomic E-state index is 9.49. The highest BCUT2D eigenvalue weighted by molar-refractivity contribution is 4.77. The second-order valence-electron chi connectivity index (χ2n) is 5.51. The van der Waals surface area contributed by atoms with Gasteiger partial charge in [0, 0.05) is 6.61 Å². The van der Waals surface area contributed by atoms with E-state index in [4.69, 9.17) is 0 Å². The van der Waals surface area contributed by atoms with Crippen LogP contribution in [0.2, 0.25) is 0 Å². The van der Waals surface area contributed by atoms with E-state index in [1.54, 1.807) is 0 Å². The summed E-state index contributed by atoms with van der Waals surface area (Å²) in [6.45, 7) is 7.11. The molecule has 3 unspecified atom stereocenters. The molecule has 0 heterocycles. The molecule has 1 rings (SSSR count). The van der Waals surface area contributed by atoms with Crippen LogP contribution in [0.1, 0.15) is 52.4 Å². The van der Waals surface area contributed by atoms with Gasteiger partial charge in [0.25, 0.3) is 0 Å². The lowest BCUT2D eigenvalue weighted by atomic mass is 9.75. The molecule has 96 valence electrons. The summed E-state index contributed by atoms with van der Waals surface area (Å²) in [7, 11) is 0. The van der Waals surface area contributed by atoms with Gasteiger partial charge in [0.2, 0.25) is 0 Å². The number of aliphatic hydroxyl groups is 1. The van der Waals surface area contributed by atoms with Crippen LogP contribution in [0.3, 0.4) is 0 Å². The first kappa shape index (κ1) is 14.0. The summed E-state index contributed by atoms with van der Waals surface area (Å²) in [5, 5.41) is 12.9. The third-order valence-electron chi connectivity index (χ3n) is 4.00. The average molecular weight is 227 g/mol. The van der Waals surface area contributed by atoms with Crippen molar-refractivity contribution >= 4 is 0 Å². The van der Waals surface area contributed by atoms with E-state index in [0.29, 0.717) is 12.5 Å². The molecule has 0 spiro atoms. The fourth-order valence-corrected chi connectivity index (χ4v) is 2.97. The van der Waals surface area contributed by atoms with Crippen LogP contribution in [0, 0.1) is 17.8 Å². The first-order chi connectivity index (χ1) is 7.77. The van der Waals surface area contributed by atoms with E-state index in [1.165, 1.54) is 32.1 Å². The van der Waals surface area contributed by atoms with Gasteiger partial charge < -0.3 is 10.4 Å². The molecule has 2 N–H and O–H groups in total. The molecule has 1 saturated carbocycles. The standard InChI is InChI=1S/C14H29NO/c1-3-8-15-9-7-14(11-16)13-6-4-5-12(2)10-13/h12-16H,3-11H2,1-2H3. The van der Waals surface area contributed by atoms with Gasteiger partial charge in [-0.3, -0.25) is 0 Å². The summed E-state index contributed by atoms with van der Waals surface area (Å²) in [6, 6.07) is 0. The van der Waals surface area contributed by atoms with Gasteiger partial charge in [-0.05, 0) is 50.1 Å². The number of rotatable bonds is 7. The molecule has 16 heavy (non-hydrogen) atoms. The molecule has 0 aliphatic heterocycles. The van der Waals surface area contributed by atoms with E-state index in [0.717, 1.165) is 31.3 Å². The molecule has 2 nitrogen and oxygen atoms in total. The SMILES string of the molecule is CCCNCCC(CO)C1CCCC(C)C1. The molecule has 0 aromatic carbocycles. The van der Waals surface area contributed by atoms with Crippen molar-refractivity contribution in [3.63, 3.8) is 0 Å². The molecule has 0 amide bonds.